The highest BCUT2D eigenvalue weighted by Gasteiger charge is 2.14. The average molecular weight is 567 g/mol. The van der Waals surface area contributed by atoms with Crippen molar-refractivity contribution in [1.82, 2.24) is 5.43 Å². The van der Waals surface area contributed by atoms with Gasteiger partial charge in [0.2, 0.25) is 0 Å². The molecular formula is C31H23BrN2O4. The first-order valence-corrected chi connectivity index (χ1v) is 12.7. The number of hydrogen-bond donors (Lipinski definition) is 1. The Labute approximate surface area is 228 Å². The second-order valence-electron chi connectivity index (χ2n) is 8.63. The van der Waals surface area contributed by atoms with Gasteiger partial charge in [-0.1, -0.05) is 78.4 Å². The van der Waals surface area contributed by atoms with Crippen LogP contribution in [0.25, 0.3) is 21.5 Å². The highest BCUT2D eigenvalue weighted by atomic mass is 79.9. The lowest BCUT2D eigenvalue weighted by Crippen LogP contribution is -2.24. The van der Waals surface area contributed by atoms with Crippen molar-refractivity contribution in [2.75, 3.05) is 6.61 Å². The fourth-order valence-electron chi connectivity index (χ4n) is 4.02. The Hall–Kier alpha value is -4.49. The molecule has 5 aromatic carbocycles. The summed E-state index contributed by atoms with van der Waals surface area (Å²) in [7, 11) is 0. The Morgan fingerprint density at radius 2 is 1.45 bits per heavy atom. The first-order chi connectivity index (χ1) is 18.5. The number of halogens is 1. The van der Waals surface area contributed by atoms with Gasteiger partial charge in [-0.2, -0.15) is 5.10 Å². The largest absolute Gasteiger partial charge is 0.483 e. The van der Waals surface area contributed by atoms with E-state index in [9.17, 15) is 9.59 Å². The van der Waals surface area contributed by atoms with Crippen molar-refractivity contribution in [3.05, 3.63) is 118 Å². The number of nitrogens with zero attached hydrogens (tertiary/aromatic N) is 1. The van der Waals surface area contributed by atoms with Gasteiger partial charge >= 0.3 is 5.97 Å². The van der Waals surface area contributed by atoms with Crippen molar-refractivity contribution in [1.29, 1.82) is 0 Å². The van der Waals surface area contributed by atoms with Crippen molar-refractivity contribution in [2.45, 2.75) is 6.92 Å². The number of hydrogen-bond acceptors (Lipinski definition) is 5. The highest BCUT2D eigenvalue weighted by Crippen LogP contribution is 2.33. The molecule has 0 saturated carbocycles. The SMILES string of the molecule is Cc1ccc(C(=O)Oc2ccc3ccccc3c2/C=N\NC(=O)COc2ccc3ccccc3c2Br)cc1. The maximum atomic E-state index is 12.8. The summed E-state index contributed by atoms with van der Waals surface area (Å²) in [6.45, 7) is 1.73. The van der Waals surface area contributed by atoms with Gasteiger partial charge in [0, 0.05) is 5.56 Å². The van der Waals surface area contributed by atoms with E-state index in [1.807, 2.05) is 85.8 Å². The molecule has 188 valence electrons. The van der Waals surface area contributed by atoms with E-state index in [-0.39, 0.29) is 6.61 Å². The van der Waals surface area contributed by atoms with Gasteiger partial charge in [-0.05, 0) is 68.7 Å². The summed E-state index contributed by atoms with van der Waals surface area (Å²) in [5.41, 5.74) is 4.55. The summed E-state index contributed by atoms with van der Waals surface area (Å²) in [4.78, 5) is 25.2. The van der Waals surface area contributed by atoms with E-state index in [0.29, 0.717) is 22.6 Å². The van der Waals surface area contributed by atoms with Crippen LogP contribution in [0.2, 0.25) is 0 Å². The zero-order valence-corrected chi connectivity index (χ0v) is 22.1. The second kappa shape index (κ2) is 11.3. The molecule has 5 rings (SSSR count). The Balaban J connectivity index is 1.31. The van der Waals surface area contributed by atoms with Crippen molar-refractivity contribution >= 4 is 55.6 Å². The van der Waals surface area contributed by atoms with E-state index in [4.69, 9.17) is 9.47 Å². The summed E-state index contributed by atoms with van der Waals surface area (Å²) in [6, 6.07) is 30.0. The quantitative estimate of drug-likeness (QED) is 0.101. The maximum absolute atomic E-state index is 12.8. The van der Waals surface area contributed by atoms with Gasteiger partial charge in [-0.3, -0.25) is 4.79 Å². The van der Waals surface area contributed by atoms with Crippen molar-refractivity contribution in [3.63, 3.8) is 0 Å². The normalized spacial score (nSPS) is 11.1. The minimum Gasteiger partial charge on any atom is -0.483 e. The van der Waals surface area contributed by atoms with E-state index < -0.39 is 11.9 Å². The molecule has 0 heterocycles. The van der Waals surface area contributed by atoms with E-state index in [1.165, 1.54) is 6.21 Å². The first kappa shape index (κ1) is 25.2. The topological polar surface area (TPSA) is 77.0 Å². The third kappa shape index (κ3) is 5.58. The van der Waals surface area contributed by atoms with Crippen molar-refractivity contribution < 1.29 is 19.1 Å². The minimum atomic E-state index is -0.478. The molecule has 0 aliphatic carbocycles. The van der Waals surface area contributed by atoms with Crippen molar-refractivity contribution in [3.8, 4) is 11.5 Å². The monoisotopic (exact) mass is 566 g/mol. The van der Waals surface area contributed by atoms with E-state index in [1.54, 1.807) is 18.2 Å². The number of ether oxygens (including phenoxy) is 2. The molecule has 0 fully saturated rings. The Kier molecular flexibility index (Phi) is 7.47. The molecule has 0 atom stereocenters. The number of carbonyl (C=O) groups excluding carboxylic acids is 2. The molecule has 0 radical (unpaired) electrons. The number of nitrogens with one attached hydrogen (secondary N) is 1. The van der Waals surface area contributed by atoms with Crippen LogP contribution >= 0.6 is 15.9 Å². The van der Waals surface area contributed by atoms with E-state index >= 15 is 0 Å². The number of esters is 1. The summed E-state index contributed by atoms with van der Waals surface area (Å²) in [5.74, 6) is -0.0149. The van der Waals surface area contributed by atoms with Gasteiger partial charge < -0.3 is 9.47 Å². The fourth-order valence-corrected chi connectivity index (χ4v) is 4.62. The summed E-state index contributed by atoms with van der Waals surface area (Å²) in [5, 5.41) is 7.95. The lowest BCUT2D eigenvalue weighted by molar-refractivity contribution is -0.123. The average Bonchev–Trinajstić information content (AvgIpc) is 2.94. The van der Waals surface area contributed by atoms with Crippen LogP contribution < -0.4 is 14.9 Å². The van der Waals surface area contributed by atoms with Gasteiger partial charge in [0.1, 0.15) is 11.5 Å². The fraction of sp³-hybridized carbons (Fsp3) is 0.0645. The molecule has 6 nitrogen and oxygen atoms in total. The zero-order valence-electron chi connectivity index (χ0n) is 20.5. The lowest BCUT2D eigenvalue weighted by Gasteiger charge is -2.11. The molecule has 0 bridgehead atoms. The number of carbonyl (C=O) groups is 2. The highest BCUT2D eigenvalue weighted by molar-refractivity contribution is 9.10. The molecule has 0 aliphatic rings. The van der Waals surface area contributed by atoms with Crippen LogP contribution in [-0.4, -0.2) is 24.7 Å². The smallest absolute Gasteiger partial charge is 0.343 e. The number of fused-ring (bicyclic) bond motifs is 2. The molecule has 5 aromatic rings. The van der Waals surface area contributed by atoms with Crippen LogP contribution in [-0.2, 0) is 4.79 Å². The van der Waals surface area contributed by atoms with Gasteiger partial charge in [-0.15, -0.1) is 0 Å². The summed E-state index contributed by atoms with van der Waals surface area (Å²) < 4.78 is 12.2. The zero-order chi connectivity index (χ0) is 26.5. The van der Waals surface area contributed by atoms with Gasteiger partial charge in [0.25, 0.3) is 5.91 Å². The number of aryl methyl sites for hydroxylation is 1. The standard InChI is InChI=1S/C31H23BrN2O4/c1-20-10-12-23(13-11-20)31(36)38-27-16-14-21-6-2-4-8-24(21)26(27)18-33-34-29(35)19-37-28-17-15-22-7-3-5-9-25(22)30(28)32/h2-18H,19H2,1H3,(H,34,35)/b33-18-. The van der Waals surface area contributed by atoms with Crippen molar-refractivity contribution in [2.24, 2.45) is 5.10 Å². The van der Waals surface area contributed by atoms with Crippen LogP contribution in [0.15, 0.2) is 107 Å². The molecule has 7 heteroatoms. The van der Waals surface area contributed by atoms with Gasteiger partial charge in [0.05, 0.1) is 16.3 Å². The lowest BCUT2D eigenvalue weighted by atomic mass is 10.0. The van der Waals surface area contributed by atoms with Gasteiger partial charge in [0.15, 0.2) is 6.61 Å². The summed E-state index contributed by atoms with van der Waals surface area (Å²) >= 11 is 3.56. The molecule has 38 heavy (non-hydrogen) atoms. The number of hydrazone groups is 1. The van der Waals surface area contributed by atoms with E-state index in [0.717, 1.165) is 31.6 Å². The molecule has 0 aliphatic heterocycles. The molecule has 1 amide bonds. The van der Waals surface area contributed by atoms with Crippen LogP contribution in [0.5, 0.6) is 11.5 Å². The minimum absolute atomic E-state index is 0.223. The molecule has 0 saturated heterocycles. The Bertz CT molecular complexity index is 1680. The number of benzene rings is 5. The Morgan fingerprint density at radius 1 is 0.816 bits per heavy atom. The van der Waals surface area contributed by atoms with Crippen LogP contribution in [0.1, 0.15) is 21.5 Å². The van der Waals surface area contributed by atoms with Crippen LogP contribution in [0, 0.1) is 6.92 Å². The molecule has 0 unspecified atom stereocenters. The van der Waals surface area contributed by atoms with Crippen LogP contribution in [0.4, 0.5) is 0 Å². The number of rotatable bonds is 7. The molecular weight excluding hydrogens is 544 g/mol. The third-order valence-electron chi connectivity index (χ3n) is 5.99. The van der Waals surface area contributed by atoms with Crippen LogP contribution in [0.3, 0.4) is 0 Å². The summed E-state index contributed by atoms with van der Waals surface area (Å²) in [6.07, 6.45) is 1.48. The van der Waals surface area contributed by atoms with E-state index in [2.05, 4.69) is 26.5 Å². The number of amides is 1. The second-order valence-corrected chi connectivity index (χ2v) is 9.43. The first-order valence-electron chi connectivity index (χ1n) is 11.9. The predicted molar refractivity (Wildman–Crippen MR) is 153 cm³/mol. The Morgan fingerprint density at radius 3 is 2.18 bits per heavy atom. The molecule has 1 N–H and O–H groups in total. The van der Waals surface area contributed by atoms with Gasteiger partial charge in [-0.25, -0.2) is 10.2 Å². The maximum Gasteiger partial charge on any atom is 0.343 e. The molecule has 0 aromatic heterocycles. The third-order valence-corrected chi connectivity index (χ3v) is 6.81. The molecule has 0 spiro atoms. The predicted octanol–water partition coefficient (Wildman–Crippen LogP) is 6.81.